The van der Waals surface area contributed by atoms with E-state index in [0.29, 0.717) is 25.3 Å². The second-order valence-corrected chi connectivity index (χ2v) is 9.07. The summed E-state index contributed by atoms with van der Waals surface area (Å²) >= 11 is 0. The quantitative estimate of drug-likeness (QED) is 0.459. The predicted octanol–water partition coefficient (Wildman–Crippen LogP) is 4.89. The molecule has 2 N–H and O–H groups in total. The number of aryl methyl sites for hydroxylation is 1. The Morgan fingerprint density at radius 1 is 1.23 bits per heavy atom. The molecular formula is C26H31F3N4O2. The number of piperidine rings is 1. The first kappa shape index (κ1) is 25.2. The highest BCUT2D eigenvalue weighted by Gasteiger charge is 2.32. The van der Waals surface area contributed by atoms with Crippen LogP contribution in [0, 0.1) is 0 Å². The van der Waals surface area contributed by atoms with Gasteiger partial charge in [0.2, 0.25) is 5.91 Å². The average Bonchev–Trinajstić information content (AvgIpc) is 3.22. The van der Waals surface area contributed by atoms with Crippen LogP contribution >= 0.6 is 0 Å². The number of ether oxygens (including phenoxy) is 1. The largest absolute Gasteiger partial charge is 0.416 e. The van der Waals surface area contributed by atoms with Crippen molar-refractivity contribution in [1.82, 2.24) is 14.5 Å². The predicted molar refractivity (Wildman–Crippen MR) is 128 cm³/mol. The molecule has 0 bridgehead atoms. The van der Waals surface area contributed by atoms with Crippen molar-refractivity contribution in [3.05, 3.63) is 65.5 Å². The third-order valence-corrected chi connectivity index (χ3v) is 6.59. The number of hydrogen-bond donors (Lipinski definition) is 1. The molecule has 1 aliphatic heterocycles. The number of halogens is 3. The maximum atomic E-state index is 13.1. The Bertz CT molecular complexity index is 1160. The summed E-state index contributed by atoms with van der Waals surface area (Å²) in [7, 11) is 1.68. The first-order chi connectivity index (χ1) is 16.8. The minimum atomic E-state index is -4.45. The molecule has 188 valence electrons. The van der Waals surface area contributed by atoms with E-state index in [4.69, 9.17) is 15.5 Å². The normalized spacial score (nSPS) is 17.6. The minimum Gasteiger partial charge on any atom is -0.385 e. The summed E-state index contributed by atoms with van der Waals surface area (Å²) in [5, 5.41) is 0. The topological polar surface area (TPSA) is 73.4 Å². The second-order valence-electron chi connectivity index (χ2n) is 9.07. The van der Waals surface area contributed by atoms with Gasteiger partial charge in [0.1, 0.15) is 5.82 Å². The zero-order chi connectivity index (χ0) is 25.0. The molecular weight excluding hydrogens is 457 g/mol. The van der Waals surface area contributed by atoms with E-state index < -0.39 is 17.8 Å². The standard InChI is InChI=1S/C26H31F3N4O2/c1-35-14-6-13-33-23-11-3-2-10-22(23)31-25(33)19-8-5-12-32(17-19)24(34)16-21(30)18-7-4-9-20(15-18)26(27,28)29/h2-4,7,9-11,15,19,21H,5-6,8,12-14,16-17,30H2,1H3/t19-,21+/m1/s1. The van der Waals surface area contributed by atoms with Gasteiger partial charge in [-0.25, -0.2) is 4.98 Å². The lowest BCUT2D eigenvalue weighted by Gasteiger charge is -2.33. The fourth-order valence-electron chi connectivity index (χ4n) is 4.80. The lowest BCUT2D eigenvalue weighted by atomic mass is 9.95. The van der Waals surface area contributed by atoms with E-state index in [1.165, 1.54) is 12.1 Å². The van der Waals surface area contributed by atoms with Crippen LogP contribution in [0.3, 0.4) is 0 Å². The van der Waals surface area contributed by atoms with E-state index in [2.05, 4.69) is 10.6 Å². The number of carbonyl (C=O) groups is 1. The Hall–Kier alpha value is -2.91. The molecule has 35 heavy (non-hydrogen) atoms. The van der Waals surface area contributed by atoms with Gasteiger partial charge in [-0.3, -0.25) is 4.79 Å². The van der Waals surface area contributed by atoms with Gasteiger partial charge in [0.25, 0.3) is 0 Å². The Morgan fingerprint density at radius 3 is 2.80 bits per heavy atom. The van der Waals surface area contributed by atoms with E-state index in [9.17, 15) is 18.0 Å². The summed E-state index contributed by atoms with van der Waals surface area (Å²) in [4.78, 5) is 19.8. The lowest BCUT2D eigenvalue weighted by molar-refractivity contribution is -0.137. The molecule has 0 saturated carbocycles. The Labute approximate surface area is 202 Å². The van der Waals surface area contributed by atoms with Gasteiger partial charge < -0.3 is 19.9 Å². The minimum absolute atomic E-state index is 0.0434. The van der Waals surface area contributed by atoms with Crippen LogP contribution < -0.4 is 5.73 Å². The second kappa shape index (κ2) is 10.8. The van der Waals surface area contributed by atoms with Crippen molar-refractivity contribution < 1.29 is 22.7 Å². The molecule has 2 aromatic carbocycles. The van der Waals surface area contributed by atoms with Gasteiger partial charge >= 0.3 is 6.18 Å². The Balaban J connectivity index is 1.48. The van der Waals surface area contributed by atoms with Gasteiger partial charge in [0.15, 0.2) is 0 Å². The van der Waals surface area contributed by atoms with Crippen LogP contribution in [0.25, 0.3) is 11.0 Å². The number of nitrogens with two attached hydrogens (primary N) is 1. The van der Waals surface area contributed by atoms with Gasteiger partial charge in [-0.2, -0.15) is 13.2 Å². The molecule has 0 radical (unpaired) electrons. The number of likely N-dealkylation sites (tertiary alicyclic amines) is 1. The summed E-state index contributed by atoms with van der Waals surface area (Å²) in [6.45, 7) is 2.54. The van der Waals surface area contributed by atoms with Crippen molar-refractivity contribution >= 4 is 16.9 Å². The molecule has 0 aliphatic carbocycles. The van der Waals surface area contributed by atoms with Crippen molar-refractivity contribution in [2.75, 3.05) is 26.8 Å². The molecule has 0 spiro atoms. The molecule has 1 amide bonds. The number of carbonyl (C=O) groups excluding carboxylic acids is 1. The number of fused-ring (bicyclic) bond motifs is 1. The molecule has 1 aromatic heterocycles. The lowest BCUT2D eigenvalue weighted by Crippen LogP contribution is -2.41. The van der Waals surface area contributed by atoms with Crippen molar-refractivity contribution in [3.63, 3.8) is 0 Å². The van der Waals surface area contributed by atoms with Gasteiger partial charge in [0.05, 0.1) is 16.6 Å². The van der Waals surface area contributed by atoms with Crippen LogP contribution in [0.1, 0.15) is 54.6 Å². The average molecular weight is 489 g/mol. The number of hydrogen-bond acceptors (Lipinski definition) is 4. The number of aromatic nitrogens is 2. The summed E-state index contributed by atoms with van der Waals surface area (Å²) in [6.07, 6.45) is -1.90. The number of rotatable bonds is 8. The van der Waals surface area contributed by atoms with Crippen LogP contribution in [-0.2, 0) is 22.3 Å². The molecule has 1 aliphatic rings. The van der Waals surface area contributed by atoms with E-state index in [-0.39, 0.29) is 18.2 Å². The van der Waals surface area contributed by atoms with Crippen LogP contribution in [0.2, 0.25) is 0 Å². The monoisotopic (exact) mass is 488 g/mol. The van der Waals surface area contributed by atoms with Crippen LogP contribution in [-0.4, -0.2) is 47.2 Å². The number of methoxy groups -OCH3 is 1. The van der Waals surface area contributed by atoms with Crippen molar-refractivity contribution in [2.24, 2.45) is 5.73 Å². The Kier molecular flexibility index (Phi) is 7.76. The summed E-state index contributed by atoms with van der Waals surface area (Å²) in [5.74, 6) is 0.885. The van der Waals surface area contributed by atoms with Crippen LogP contribution in [0.15, 0.2) is 48.5 Å². The van der Waals surface area contributed by atoms with E-state index >= 15 is 0 Å². The first-order valence-electron chi connectivity index (χ1n) is 11.9. The third-order valence-electron chi connectivity index (χ3n) is 6.59. The first-order valence-corrected chi connectivity index (χ1v) is 11.9. The number of para-hydroxylation sites is 2. The van der Waals surface area contributed by atoms with Crippen molar-refractivity contribution in [3.8, 4) is 0 Å². The van der Waals surface area contributed by atoms with Crippen molar-refractivity contribution in [2.45, 2.75) is 50.4 Å². The maximum absolute atomic E-state index is 13.1. The number of imidazole rings is 1. The fourth-order valence-corrected chi connectivity index (χ4v) is 4.80. The highest BCUT2D eigenvalue weighted by molar-refractivity contribution is 5.78. The fraction of sp³-hybridized carbons (Fsp3) is 0.462. The SMILES string of the molecule is COCCCn1c([C@@H]2CCCN(C(=O)C[C@H](N)c3cccc(C(F)(F)F)c3)C2)nc2ccccc21. The number of benzene rings is 2. The third kappa shape index (κ3) is 5.85. The molecule has 1 saturated heterocycles. The number of alkyl halides is 3. The molecule has 4 rings (SSSR count). The molecule has 2 heterocycles. The van der Waals surface area contributed by atoms with E-state index in [1.54, 1.807) is 12.0 Å². The van der Waals surface area contributed by atoms with Gasteiger partial charge in [-0.1, -0.05) is 24.3 Å². The molecule has 9 heteroatoms. The van der Waals surface area contributed by atoms with Gasteiger partial charge in [0, 0.05) is 51.7 Å². The highest BCUT2D eigenvalue weighted by Crippen LogP contribution is 2.32. The van der Waals surface area contributed by atoms with E-state index in [1.807, 2.05) is 18.2 Å². The van der Waals surface area contributed by atoms with E-state index in [0.717, 1.165) is 54.8 Å². The Morgan fingerprint density at radius 2 is 2.03 bits per heavy atom. The maximum Gasteiger partial charge on any atom is 0.416 e. The zero-order valence-corrected chi connectivity index (χ0v) is 19.8. The molecule has 1 fully saturated rings. The number of amides is 1. The van der Waals surface area contributed by atoms with Crippen molar-refractivity contribution in [1.29, 1.82) is 0 Å². The van der Waals surface area contributed by atoms with Gasteiger partial charge in [-0.05, 0) is 49.1 Å². The summed E-state index contributed by atoms with van der Waals surface area (Å²) in [6, 6.07) is 12.1. The zero-order valence-electron chi connectivity index (χ0n) is 19.8. The smallest absolute Gasteiger partial charge is 0.385 e. The molecule has 6 nitrogen and oxygen atoms in total. The molecule has 3 aromatic rings. The number of nitrogens with zero attached hydrogens (tertiary/aromatic N) is 3. The van der Waals surface area contributed by atoms with Crippen LogP contribution in [0.5, 0.6) is 0 Å². The summed E-state index contributed by atoms with van der Waals surface area (Å²) < 4.78 is 46.6. The molecule has 2 atom stereocenters. The highest BCUT2D eigenvalue weighted by atomic mass is 19.4. The van der Waals surface area contributed by atoms with Crippen LogP contribution in [0.4, 0.5) is 13.2 Å². The van der Waals surface area contributed by atoms with Gasteiger partial charge in [-0.15, -0.1) is 0 Å². The molecule has 0 unspecified atom stereocenters. The summed E-state index contributed by atoms with van der Waals surface area (Å²) in [5.41, 5.74) is 7.70.